The summed E-state index contributed by atoms with van der Waals surface area (Å²) in [5.41, 5.74) is 1.69. The molecule has 0 aliphatic rings. The number of likely N-dealkylation sites (N-methyl/N-ethyl adjacent to an activating group) is 1. The SMILES string of the molecule is COCCN(C)C(=O)c1ccc(CCl)cc1. The van der Waals surface area contributed by atoms with Crippen molar-refractivity contribution < 1.29 is 9.53 Å². The molecule has 88 valence electrons. The van der Waals surface area contributed by atoms with Crippen LogP contribution in [0.1, 0.15) is 15.9 Å². The van der Waals surface area contributed by atoms with Gasteiger partial charge in [0.05, 0.1) is 6.61 Å². The van der Waals surface area contributed by atoms with Gasteiger partial charge >= 0.3 is 0 Å². The molecule has 0 spiro atoms. The Labute approximate surface area is 101 Å². The Morgan fingerprint density at radius 3 is 2.50 bits per heavy atom. The number of hydrogen-bond acceptors (Lipinski definition) is 2. The normalized spacial score (nSPS) is 10.2. The van der Waals surface area contributed by atoms with Crippen molar-refractivity contribution in [2.24, 2.45) is 0 Å². The molecule has 1 rings (SSSR count). The molecule has 0 aliphatic heterocycles. The number of alkyl halides is 1. The van der Waals surface area contributed by atoms with Gasteiger partial charge in [-0.1, -0.05) is 12.1 Å². The van der Waals surface area contributed by atoms with Crippen molar-refractivity contribution in [3.05, 3.63) is 35.4 Å². The number of ether oxygens (including phenoxy) is 1. The highest BCUT2D eigenvalue weighted by molar-refractivity contribution is 6.17. The molecule has 1 aromatic carbocycles. The van der Waals surface area contributed by atoms with Crippen molar-refractivity contribution in [1.82, 2.24) is 4.90 Å². The number of amides is 1. The highest BCUT2D eigenvalue weighted by atomic mass is 35.5. The van der Waals surface area contributed by atoms with E-state index in [9.17, 15) is 4.79 Å². The Bertz CT molecular complexity index is 337. The van der Waals surface area contributed by atoms with E-state index in [1.807, 2.05) is 12.1 Å². The summed E-state index contributed by atoms with van der Waals surface area (Å²) >= 11 is 5.68. The average Bonchev–Trinajstić information content (AvgIpc) is 2.35. The molecule has 0 saturated carbocycles. The van der Waals surface area contributed by atoms with Gasteiger partial charge < -0.3 is 9.64 Å². The number of carbonyl (C=O) groups excluding carboxylic acids is 1. The molecule has 0 N–H and O–H groups in total. The first-order valence-electron chi connectivity index (χ1n) is 5.08. The molecule has 1 aromatic rings. The number of carbonyl (C=O) groups is 1. The van der Waals surface area contributed by atoms with Crippen molar-refractivity contribution in [3.8, 4) is 0 Å². The largest absolute Gasteiger partial charge is 0.383 e. The second-order valence-electron chi connectivity index (χ2n) is 3.55. The van der Waals surface area contributed by atoms with Gasteiger partial charge in [-0.3, -0.25) is 4.79 Å². The lowest BCUT2D eigenvalue weighted by atomic mass is 10.1. The zero-order valence-electron chi connectivity index (χ0n) is 9.57. The van der Waals surface area contributed by atoms with Gasteiger partial charge in [-0.15, -0.1) is 11.6 Å². The van der Waals surface area contributed by atoms with Crippen LogP contribution in [-0.4, -0.2) is 38.1 Å². The van der Waals surface area contributed by atoms with Crippen LogP contribution < -0.4 is 0 Å². The molecular weight excluding hydrogens is 226 g/mol. The van der Waals surface area contributed by atoms with Crippen LogP contribution in [0.2, 0.25) is 0 Å². The Morgan fingerprint density at radius 2 is 2.00 bits per heavy atom. The minimum Gasteiger partial charge on any atom is -0.383 e. The van der Waals surface area contributed by atoms with E-state index < -0.39 is 0 Å². The number of rotatable bonds is 5. The fourth-order valence-corrected chi connectivity index (χ4v) is 1.46. The van der Waals surface area contributed by atoms with Crippen molar-refractivity contribution in [2.75, 3.05) is 27.3 Å². The van der Waals surface area contributed by atoms with Crippen LogP contribution in [0, 0.1) is 0 Å². The molecule has 1 amide bonds. The molecule has 3 nitrogen and oxygen atoms in total. The smallest absolute Gasteiger partial charge is 0.253 e. The van der Waals surface area contributed by atoms with Crippen molar-refractivity contribution in [2.45, 2.75) is 5.88 Å². The van der Waals surface area contributed by atoms with Crippen LogP contribution in [0.3, 0.4) is 0 Å². The monoisotopic (exact) mass is 241 g/mol. The van der Waals surface area contributed by atoms with Gasteiger partial charge in [0.2, 0.25) is 0 Å². The van der Waals surface area contributed by atoms with E-state index in [1.165, 1.54) is 0 Å². The van der Waals surface area contributed by atoms with E-state index in [2.05, 4.69) is 0 Å². The Balaban J connectivity index is 2.64. The molecule has 0 aromatic heterocycles. The molecule has 0 radical (unpaired) electrons. The van der Waals surface area contributed by atoms with Crippen LogP contribution in [0.25, 0.3) is 0 Å². The maximum Gasteiger partial charge on any atom is 0.253 e. The summed E-state index contributed by atoms with van der Waals surface area (Å²) in [6.07, 6.45) is 0. The number of hydrogen-bond donors (Lipinski definition) is 0. The molecule has 0 fully saturated rings. The van der Waals surface area contributed by atoms with Crippen molar-refractivity contribution in [1.29, 1.82) is 0 Å². The Kier molecular flexibility index (Phi) is 5.29. The topological polar surface area (TPSA) is 29.5 Å². The van der Waals surface area contributed by atoms with E-state index in [-0.39, 0.29) is 5.91 Å². The summed E-state index contributed by atoms with van der Waals surface area (Å²) in [4.78, 5) is 13.5. The predicted octanol–water partition coefficient (Wildman–Crippen LogP) is 2.14. The van der Waals surface area contributed by atoms with Gasteiger partial charge in [-0.2, -0.15) is 0 Å². The summed E-state index contributed by atoms with van der Waals surface area (Å²) in [7, 11) is 3.38. The molecule has 4 heteroatoms. The van der Waals surface area contributed by atoms with Gasteiger partial charge in [-0.25, -0.2) is 0 Å². The standard InChI is InChI=1S/C12H16ClNO2/c1-14(7-8-16-2)12(15)11-5-3-10(9-13)4-6-11/h3-6H,7-9H2,1-2H3. The molecule has 0 saturated heterocycles. The second-order valence-corrected chi connectivity index (χ2v) is 3.82. The van der Waals surface area contributed by atoms with Gasteiger partial charge in [0, 0.05) is 32.1 Å². The average molecular weight is 242 g/mol. The molecule has 0 unspecified atom stereocenters. The summed E-state index contributed by atoms with van der Waals surface area (Å²) in [6, 6.07) is 7.32. The molecular formula is C12H16ClNO2. The van der Waals surface area contributed by atoms with Crippen LogP contribution in [0.4, 0.5) is 0 Å². The van der Waals surface area contributed by atoms with Crippen molar-refractivity contribution >= 4 is 17.5 Å². The summed E-state index contributed by atoms with van der Waals surface area (Å²) in [5.74, 6) is 0.465. The fourth-order valence-electron chi connectivity index (χ4n) is 1.29. The minimum atomic E-state index is -0.00169. The quantitative estimate of drug-likeness (QED) is 0.740. The summed E-state index contributed by atoms with van der Waals surface area (Å²) in [6.45, 7) is 1.13. The highest BCUT2D eigenvalue weighted by Gasteiger charge is 2.10. The number of halogens is 1. The minimum absolute atomic E-state index is 0.00169. The maximum absolute atomic E-state index is 11.9. The maximum atomic E-state index is 11.9. The van der Waals surface area contributed by atoms with Gasteiger partial charge in [0.15, 0.2) is 0 Å². The van der Waals surface area contributed by atoms with E-state index in [1.54, 1.807) is 31.2 Å². The van der Waals surface area contributed by atoms with E-state index >= 15 is 0 Å². The predicted molar refractivity (Wildman–Crippen MR) is 64.8 cm³/mol. The van der Waals surface area contributed by atoms with E-state index in [0.29, 0.717) is 24.6 Å². The van der Waals surface area contributed by atoms with Gasteiger partial charge in [-0.05, 0) is 17.7 Å². The first-order chi connectivity index (χ1) is 7.69. The van der Waals surface area contributed by atoms with E-state index in [0.717, 1.165) is 5.56 Å². The lowest BCUT2D eigenvalue weighted by Crippen LogP contribution is -2.29. The lowest BCUT2D eigenvalue weighted by Gasteiger charge is -2.16. The third-order valence-electron chi connectivity index (χ3n) is 2.33. The molecule has 16 heavy (non-hydrogen) atoms. The highest BCUT2D eigenvalue weighted by Crippen LogP contribution is 2.08. The molecule has 0 aliphatic carbocycles. The third-order valence-corrected chi connectivity index (χ3v) is 2.64. The van der Waals surface area contributed by atoms with Crippen LogP contribution in [0.15, 0.2) is 24.3 Å². The lowest BCUT2D eigenvalue weighted by molar-refractivity contribution is 0.0744. The van der Waals surface area contributed by atoms with E-state index in [4.69, 9.17) is 16.3 Å². The van der Waals surface area contributed by atoms with Crippen LogP contribution in [0.5, 0.6) is 0 Å². The molecule has 0 bridgehead atoms. The zero-order chi connectivity index (χ0) is 12.0. The number of benzene rings is 1. The molecule has 0 atom stereocenters. The molecule has 0 heterocycles. The summed E-state index contributed by atoms with van der Waals surface area (Å²) < 4.78 is 4.92. The second kappa shape index (κ2) is 6.51. The fraction of sp³-hybridized carbons (Fsp3) is 0.417. The van der Waals surface area contributed by atoms with Crippen LogP contribution in [-0.2, 0) is 10.6 Å². The zero-order valence-corrected chi connectivity index (χ0v) is 10.3. The van der Waals surface area contributed by atoms with Crippen LogP contribution >= 0.6 is 11.6 Å². The third kappa shape index (κ3) is 3.51. The Morgan fingerprint density at radius 1 is 1.38 bits per heavy atom. The number of nitrogens with zero attached hydrogens (tertiary/aromatic N) is 1. The van der Waals surface area contributed by atoms with Gasteiger partial charge in [0.1, 0.15) is 0 Å². The Hall–Kier alpha value is -1.06. The van der Waals surface area contributed by atoms with Crippen molar-refractivity contribution in [3.63, 3.8) is 0 Å². The van der Waals surface area contributed by atoms with Gasteiger partial charge in [0.25, 0.3) is 5.91 Å². The first kappa shape index (κ1) is 13.0. The number of methoxy groups -OCH3 is 1. The summed E-state index contributed by atoms with van der Waals surface area (Å²) in [5, 5.41) is 0. The first-order valence-corrected chi connectivity index (χ1v) is 5.61.